The van der Waals surface area contributed by atoms with Crippen LogP contribution < -0.4 is 15.6 Å². The summed E-state index contributed by atoms with van der Waals surface area (Å²) in [5.41, 5.74) is 1.12. The van der Waals surface area contributed by atoms with Gasteiger partial charge in [-0.05, 0) is 53.0 Å². The van der Waals surface area contributed by atoms with Gasteiger partial charge < -0.3 is 29.5 Å². The van der Waals surface area contributed by atoms with Crippen molar-refractivity contribution in [1.29, 1.82) is 0 Å². The minimum Gasteiger partial charge on any atom is -0.491 e. The lowest BCUT2D eigenvalue weighted by molar-refractivity contribution is 0.0247. The fourth-order valence-corrected chi connectivity index (χ4v) is 5.38. The van der Waals surface area contributed by atoms with Crippen molar-refractivity contribution >= 4 is 38.0 Å². The predicted molar refractivity (Wildman–Crippen MR) is 140 cm³/mol. The second-order valence-corrected chi connectivity index (χ2v) is 10.2. The number of nitrogens with one attached hydrogen (secondary N) is 1. The monoisotopic (exact) mass is 566 g/mol. The Labute approximate surface area is 216 Å². The van der Waals surface area contributed by atoms with Gasteiger partial charge in [-0.25, -0.2) is 4.98 Å². The van der Waals surface area contributed by atoms with Gasteiger partial charge in [-0.2, -0.15) is 0 Å². The predicted octanol–water partition coefficient (Wildman–Crippen LogP) is 2.82. The van der Waals surface area contributed by atoms with Crippen molar-refractivity contribution < 1.29 is 19.3 Å². The van der Waals surface area contributed by atoms with E-state index in [1.54, 1.807) is 10.6 Å². The molecule has 11 heteroatoms. The smallest absolute Gasteiger partial charge is 0.275 e. The largest absolute Gasteiger partial charge is 0.491 e. The molecule has 1 aliphatic heterocycles. The van der Waals surface area contributed by atoms with Crippen LogP contribution >= 0.6 is 27.3 Å². The van der Waals surface area contributed by atoms with Crippen LogP contribution in [0.1, 0.15) is 17.9 Å². The highest BCUT2D eigenvalue weighted by Gasteiger charge is 2.28. The van der Waals surface area contributed by atoms with Crippen LogP contribution in [0.2, 0.25) is 0 Å². The molecule has 0 aliphatic carbocycles. The molecule has 2 N–H and O–H groups in total. The summed E-state index contributed by atoms with van der Waals surface area (Å²) in [6.45, 7) is 4.03. The Bertz CT molecular complexity index is 1160. The summed E-state index contributed by atoms with van der Waals surface area (Å²) in [5.74, 6) is 1.73. The first-order valence-electron chi connectivity index (χ1n) is 11.6. The van der Waals surface area contributed by atoms with Gasteiger partial charge in [0.05, 0.1) is 33.0 Å². The number of hydrogen-bond acceptors (Lipinski definition) is 9. The number of likely N-dealkylation sites (N-methyl/N-ethyl adjacent to an activating group) is 1. The molecule has 35 heavy (non-hydrogen) atoms. The van der Waals surface area contributed by atoms with Gasteiger partial charge in [0, 0.05) is 30.7 Å². The van der Waals surface area contributed by atoms with E-state index in [-0.39, 0.29) is 18.2 Å². The first-order chi connectivity index (χ1) is 17.0. The van der Waals surface area contributed by atoms with E-state index >= 15 is 0 Å². The topological polar surface area (TPSA) is 97.6 Å². The molecule has 1 saturated heterocycles. The molecule has 3 heterocycles. The number of piperidine rings is 1. The summed E-state index contributed by atoms with van der Waals surface area (Å²) in [5, 5.41) is 14.1. The summed E-state index contributed by atoms with van der Waals surface area (Å²) in [6.07, 6.45) is 2.66. The number of rotatable bonds is 12. The molecular weight excluding hydrogens is 536 g/mol. The number of aliphatic hydroxyl groups is 1. The third-order valence-electron chi connectivity index (χ3n) is 5.82. The second kappa shape index (κ2) is 12.8. The number of halogens is 1. The van der Waals surface area contributed by atoms with Crippen LogP contribution in [0.25, 0.3) is 4.96 Å². The molecule has 1 aromatic carbocycles. The number of ether oxygens (including phenoxy) is 3. The number of likely N-dealkylation sites (tertiary alicyclic amines) is 1. The molecule has 2 aromatic heterocycles. The number of anilines is 1. The Morgan fingerprint density at radius 3 is 2.83 bits per heavy atom. The molecule has 0 bridgehead atoms. The van der Waals surface area contributed by atoms with Gasteiger partial charge in [-0.3, -0.25) is 9.20 Å². The van der Waals surface area contributed by atoms with Gasteiger partial charge >= 0.3 is 0 Å². The highest BCUT2D eigenvalue weighted by molar-refractivity contribution is 9.10. The second-order valence-electron chi connectivity index (χ2n) is 8.50. The average molecular weight is 568 g/mol. The minimum atomic E-state index is -0.106. The number of nitrogens with zero attached hydrogens (tertiary/aromatic N) is 3. The van der Waals surface area contributed by atoms with E-state index in [4.69, 9.17) is 19.3 Å². The molecule has 1 fully saturated rings. The number of hydrogen-bond donors (Lipinski definition) is 2. The molecule has 0 radical (unpaired) electrons. The van der Waals surface area contributed by atoms with Crippen LogP contribution in [0.4, 0.5) is 5.82 Å². The van der Waals surface area contributed by atoms with E-state index < -0.39 is 0 Å². The normalized spacial score (nSPS) is 18.7. The van der Waals surface area contributed by atoms with E-state index in [1.165, 1.54) is 16.9 Å². The summed E-state index contributed by atoms with van der Waals surface area (Å²) in [6, 6.07) is 8.37. The lowest BCUT2D eigenvalue weighted by Gasteiger charge is -2.36. The maximum absolute atomic E-state index is 12.6. The molecule has 1 aliphatic rings. The molecule has 4 rings (SSSR count). The number of benzene rings is 1. The molecule has 0 unspecified atom stereocenters. The zero-order valence-corrected chi connectivity index (χ0v) is 22.1. The van der Waals surface area contributed by atoms with Crippen molar-refractivity contribution in [2.45, 2.75) is 18.4 Å². The summed E-state index contributed by atoms with van der Waals surface area (Å²) >= 11 is 4.88. The third-order valence-corrected chi connectivity index (χ3v) is 7.29. The molecular formula is C24H31BrN4O5S. The lowest BCUT2D eigenvalue weighted by Crippen LogP contribution is -2.43. The van der Waals surface area contributed by atoms with E-state index in [1.807, 2.05) is 17.5 Å². The Kier molecular flexibility index (Phi) is 9.52. The number of aliphatic hydroxyl groups excluding tert-OH is 1. The zero-order valence-electron chi connectivity index (χ0n) is 19.7. The van der Waals surface area contributed by atoms with E-state index in [0.29, 0.717) is 54.2 Å². The van der Waals surface area contributed by atoms with Crippen LogP contribution in [0.5, 0.6) is 5.75 Å². The van der Waals surface area contributed by atoms with Crippen LogP contribution in [-0.2, 0) is 9.47 Å². The summed E-state index contributed by atoms with van der Waals surface area (Å²) in [4.78, 5) is 20.2. The van der Waals surface area contributed by atoms with Crippen LogP contribution in [0.15, 0.2) is 45.1 Å². The number of aromatic nitrogens is 2. The van der Waals surface area contributed by atoms with Crippen LogP contribution in [0, 0.1) is 0 Å². The molecule has 190 valence electrons. The Morgan fingerprint density at radius 1 is 1.20 bits per heavy atom. The fourth-order valence-electron chi connectivity index (χ4n) is 4.28. The van der Waals surface area contributed by atoms with Crippen molar-refractivity contribution in [1.82, 2.24) is 14.3 Å². The summed E-state index contributed by atoms with van der Waals surface area (Å²) < 4.78 is 18.6. The number of thiazole rings is 1. The maximum atomic E-state index is 12.6. The lowest BCUT2D eigenvalue weighted by atomic mass is 9.88. The SMILES string of the molecule is CN1C[C@H](Nc2nc3sccn3c(=O)c2Br)C[C@H](c2cccc(OCCOCCOCCO)c2)C1. The van der Waals surface area contributed by atoms with Gasteiger partial charge in [0.15, 0.2) is 4.96 Å². The average Bonchev–Trinajstić information content (AvgIpc) is 3.32. The van der Waals surface area contributed by atoms with E-state index in [9.17, 15) is 4.79 Å². The minimum absolute atomic E-state index is 0.0204. The highest BCUT2D eigenvalue weighted by atomic mass is 79.9. The van der Waals surface area contributed by atoms with E-state index in [0.717, 1.165) is 25.3 Å². The molecule has 9 nitrogen and oxygen atoms in total. The third kappa shape index (κ3) is 7.02. The van der Waals surface area contributed by atoms with Crippen molar-refractivity contribution in [3.8, 4) is 5.75 Å². The fraction of sp³-hybridized carbons (Fsp3) is 0.500. The van der Waals surface area contributed by atoms with Crippen molar-refractivity contribution in [3.63, 3.8) is 0 Å². The molecule has 0 amide bonds. The van der Waals surface area contributed by atoms with Crippen molar-refractivity contribution in [2.24, 2.45) is 0 Å². The standard InChI is InChI=1S/C24H31BrN4O5S/c1-28-15-18(17-3-2-4-20(14-17)34-11-10-33-9-8-32-7-6-30)13-19(16-28)26-22-21(25)23(31)29-5-12-35-24(29)27-22/h2-5,12,14,18-19,26,30H,6-11,13,15-16H2,1H3/t18-,19+/m0/s1. The Hall–Kier alpha value is -2.02. The molecule has 0 spiro atoms. The van der Waals surface area contributed by atoms with Crippen molar-refractivity contribution in [3.05, 3.63) is 56.2 Å². The summed E-state index contributed by atoms with van der Waals surface area (Å²) in [7, 11) is 2.11. The van der Waals surface area contributed by atoms with Gasteiger partial charge in [-0.15, -0.1) is 11.3 Å². The van der Waals surface area contributed by atoms with Gasteiger partial charge in [-0.1, -0.05) is 12.1 Å². The Balaban J connectivity index is 1.34. The quantitative estimate of drug-likeness (QED) is 0.323. The molecule has 2 atom stereocenters. The molecule has 0 saturated carbocycles. The first-order valence-corrected chi connectivity index (χ1v) is 13.3. The van der Waals surface area contributed by atoms with Gasteiger partial charge in [0.1, 0.15) is 22.6 Å². The maximum Gasteiger partial charge on any atom is 0.275 e. The zero-order chi connectivity index (χ0) is 24.6. The molecule has 3 aromatic rings. The van der Waals surface area contributed by atoms with Crippen LogP contribution in [0.3, 0.4) is 0 Å². The Morgan fingerprint density at radius 2 is 2.00 bits per heavy atom. The van der Waals surface area contributed by atoms with Crippen molar-refractivity contribution in [2.75, 3.05) is 65.1 Å². The number of fused-ring (bicyclic) bond motifs is 1. The highest BCUT2D eigenvalue weighted by Crippen LogP contribution is 2.31. The first kappa shape index (κ1) is 26.1. The van der Waals surface area contributed by atoms with Gasteiger partial charge in [0.2, 0.25) is 0 Å². The van der Waals surface area contributed by atoms with E-state index in [2.05, 4.69) is 50.3 Å². The van der Waals surface area contributed by atoms with Crippen LogP contribution in [-0.4, -0.2) is 85.2 Å². The van der Waals surface area contributed by atoms with Gasteiger partial charge in [0.25, 0.3) is 5.56 Å².